The third-order valence-corrected chi connectivity index (χ3v) is 4.79. The molecule has 0 aromatic rings. The molecule has 1 heterocycles. The molecule has 3 N–H and O–H groups in total. The highest BCUT2D eigenvalue weighted by Crippen LogP contribution is 2.30. The Kier molecular flexibility index (Phi) is 13.1. The molecule has 1 aliphatic heterocycles. The monoisotopic (exact) mass is 329 g/mol. The fourth-order valence-corrected chi connectivity index (χ4v) is 3.24. The van der Waals surface area contributed by atoms with Crippen LogP contribution in [0.5, 0.6) is 0 Å². The molecule has 0 bridgehead atoms. The highest BCUT2D eigenvalue weighted by Gasteiger charge is 2.22. The molecule has 0 spiro atoms. The molecular weight excluding hydrogens is 286 g/mol. The van der Waals surface area contributed by atoms with E-state index >= 15 is 0 Å². The Morgan fingerprint density at radius 1 is 1.22 bits per heavy atom. The first-order chi connectivity index (χ1) is 10.8. The van der Waals surface area contributed by atoms with Gasteiger partial charge in [0.2, 0.25) is 0 Å². The van der Waals surface area contributed by atoms with Crippen molar-refractivity contribution in [3.8, 4) is 0 Å². The normalized spacial score (nSPS) is 21.3. The quantitative estimate of drug-likeness (QED) is 0.545. The number of piperidine rings is 1. The van der Waals surface area contributed by atoms with Crippen LogP contribution < -0.4 is 5.32 Å². The average molecular weight is 330 g/mol. The molecule has 1 aliphatic rings. The number of rotatable bonds is 9. The molecule has 0 saturated carbocycles. The molecule has 0 aromatic heterocycles. The summed E-state index contributed by atoms with van der Waals surface area (Å²) >= 11 is 0. The van der Waals surface area contributed by atoms with Crippen molar-refractivity contribution in [1.82, 2.24) is 5.32 Å². The van der Waals surface area contributed by atoms with Gasteiger partial charge in [-0.25, -0.2) is 0 Å². The molecule has 1 rings (SSSR count). The molecule has 3 nitrogen and oxygen atoms in total. The van der Waals surface area contributed by atoms with Gasteiger partial charge >= 0.3 is 0 Å². The molecule has 0 aliphatic carbocycles. The van der Waals surface area contributed by atoms with E-state index in [1.165, 1.54) is 51.5 Å². The van der Waals surface area contributed by atoms with Crippen molar-refractivity contribution in [1.29, 1.82) is 0 Å². The molecular formula is C20H43NO2. The molecule has 140 valence electrons. The number of hydrogen-bond acceptors (Lipinski definition) is 3. The minimum Gasteiger partial charge on any atom is -0.396 e. The number of aliphatic hydroxyl groups is 2. The number of aliphatic hydroxyl groups excluding tert-OH is 2. The smallest absolute Gasteiger partial charge is 0.0548 e. The van der Waals surface area contributed by atoms with Crippen molar-refractivity contribution in [2.45, 2.75) is 105 Å². The van der Waals surface area contributed by atoms with Gasteiger partial charge in [0.1, 0.15) is 0 Å². The molecule has 0 radical (unpaired) electrons. The van der Waals surface area contributed by atoms with E-state index in [9.17, 15) is 5.11 Å². The number of unbranched alkanes of at least 4 members (excludes halogenated alkanes) is 2. The Bertz CT molecular complexity index is 262. The van der Waals surface area contributed by atoms with Crippen molar-refractivity contribution in [3.63, 3.8) is 0 Å². The van der Waals surface area contributed by atoms with Crippen LogP contribution in [0.2, 0.25) is 0 Å². The maximum atomic E-state index is 9.93. The predicted molar refractivity (Wildman–Crippen MR) is 101 cm³/mol. The summed E-state index contributed by atoms with van der Waals surface area (Å²) in [5.74, 6) is 0.210. The van der Waals surface area contributed by atoms with Crippen LogP contribution in [0.3, 0.4) is 0 Å². The van der Waals surface area contributed by atoms with E-state index in [0.717, 1.165) is 12.5 Å². The molecule has 0 amide bonds. The van der Waals surface area contributed by atoms with E-state index in [1.54, 1.807) is 0 Å². The Balaban J connectivity index is 0.000000568. The summed E-state index contributed by atoms with van der Waals surface area (Å²) in [6.45, 7) is 12.3. The summed E-state index contributed by atoms with van der Waals surface area (Å²) in [7, 11) is 0. The highest BCUT2D eigenvalue weighted by atomic mass is 16.3. The van der Waals surface area contributed by atoms with Crippen LogP contribution in [0.25, 0.3) is 0 Å². The largest absolute Gasteiger partial charge is 0.396 e. The van der Waals surface area contributed by atoms with Crippen molar-refractivity contribution < 1.29 is 10.2 Å². The fraction of sp³-hybridized carbons (Fsp3) is 1.00. The van der Waals surface area contributed by atoms with Crippen molar-refractivity contribution in [2.75, 3.05) is 13.2 Å². The SMILES string of the molecule is CC1CCCCN1.CCCCCC(C)(C)CC(O)CC(C)CO. The first-order valence-corrected chi connectivity index (χ1v) is 9.83. The predicted octanol–water partition coefficient (Wildman–Crippen LogP) is 4.51. The van der Waals surface area contributed by atoms with E-state index in [1.807, 2.05) is 6.92 Å². The van der Waals surface area contributed by atoms with E-state index in [4.69, 9.17) is 5.11 Å². The minimum absolute atomic E-state index is 0.174. The third kappa shape index (κ3) is 14.0. The van der Waals surface area contributed by atoms with Crippen molar-refractivity contribution >= 4 is 0 Å². The number of hydrogen-bond donors (Lipinski definition) is 3. The van der Waals surface area contributed by atoms with Crippen LogP contribution in [-0.4, -0.2) is 35.5 Å². The van der Waals surface area contributed by atoms with E-state index in [2.05, 4.69) is 33.0 Å². The van der Waals surface area contributed by atoms with Crippen molar-refractivity contribution in [3.05, 3.63) is 0 Å². The van der Waals surface area contributed by atoms with Crippen LogP contribution in [0, 0.1) is 11.3 Å². The van der Waals surface area contributed by atoms with Crippen LogP contribution in [0.1, 0.15) is 92.4 Å². The van der Waals surface area contributed by atoms with Gasteiger partial charge in [-0.1, -0.05) is 53.4 Å². The summed E-state index contributed by atoms with van der Waals surface area (Å²) in [6, 6.07) is 0.786. The van der Waals surface area contributed by atoms with Gasteiger partial charge in [-0.2, -0.15) is 0 Å². The lowest BCUT2D eigenvalue weighted by Crippen LogP contribution is -2.30. The van der Waals surface area contributed by atoms with E-state index in [-0.39, 0.29) is 24.0 Å². The maximum Gasteiger partial charge on any atom is 0.0548 e. The van der Waals surface area contributed by atoms with E-state index in [0.29, 0.717) is 6.42 Å². The lowest BCUT2D eigenvalue weighted by molar-refractivity contribution is 0.0758. The van der Waals surface area contributed by atoms with Crippen LogP contribution in [-0.2, 0) is 0 Å². The Hall–Kier alpha value is -0.120. The Labute approximate surface area is 145 Å². The fourth-order valence-electron chi connectivity index (χ4n) is 3.24. The molecule has 3 atom stereocenters. The van der Waals surface area contributed by atoms with Gasteiger partial charge in [0, 0.05) is 12.6 Å². The summed E-state index contributed by atoms with van der Waals surface area (Å²) in [6.07, 6.45) is 10.5. The van der Waals surface area contributed by atoms with Crippen LogP contribution >= 0.6 is 0 Å². The summed E-state index contributed by atoms with van der Waals surface area (Å²) in [5, 5.41) is 22.3. The lowest BCUT2D eigenvalue weighted by atomic mass is 9.80. The summed E-state index contributed by atoms with van der Waals surface area (Å²) < 4.78 is 0. The zero-order chi connectivity index (χ0) is 17.7. The molecule has 3 unspecified atom stereocenters. The standard InChI is InChI=1S/C14H30O2.C6H13N/c1-5-6-7-8-14(3,4)10-13(16)9-12(2)11-15;1-6-4-2-3-5-7-6/h12-13,15-16H,5-11H2,1-4H3;6-7H,2-5H2,1H3. The molecule has 3 heteroatoms. The second kappa shape index (κ2) is 13.2. The average Bonchev–Trinajstić information content (AvgIpc) is 2.48. The maximum absolute atomic E-state index is 9.93. The Morgan fingerprint density at radius 3 is 2.35 bits per heavy atom. The Morgan fingerprint density at radius 2 is 1.91 bits per heavy atom. The molecule has 1 saturated heterocycles. The number of nitrogens with one attached hydrogen (secondary N) is 1. The summed E-state index contributed by atoms with van der Waals surface area (Å²) in [5.41, 5.74) is 0.226. The molecule has 0 aromatic carbocycles. The minimum atomic E-state index is -0.265. The highest BCUT2D eigenvalue weighted by molar-refractivity contribution is 4.74. The van der Waals surface area contributed by atoms with Gasteiger partial charge < -0.3 is 15.5 Å². The van der Waals surface area contributed by atoms with Crippen LogP contribution in [0.15, 0.2) is 0 Å². The first kappa shape index (κ1) is 22.9. The molecule has 23 heavy (non-hydrogen) atoms. The topological polar surface area (TPSA) is 52.5 Å². The first-order valence-electron chi connectivity index (χ1n) is 9.83. The third-order valence-electron chi connectivity index (χ3n) is 4.79. The lowest BCUT2D eigenvalue weighted by Gasteiger charge is -2.28. The van der Waals surface area contributed by atoms with E-state index < -0.39 is 0 Å². The van der Waals surface area contributed by atoms with Gasteiger partial charge in [0.15, 0.2) is 0 Å². The van der Waals surface area contributed by atoms with Gasteiger partial charge in [0.25, 0.3) is 0 Å². The van der Waals surface area contributed by atoms with Gasteiger partial charge in [0.05, 0.1) is 6.10 Å². The van der Waals surface area contributed by atoms with Crippen LogP contribution in [0.4, 0.5) is 0 Å². The summed E-state index contributed by atoms with van der Waals surface area (Å²) in [4.78, 5) is 0. The molecule has 1 fully saturated rings. The van der Waals surface area contributed by atoms with Gasteiger partial charge in [-0.05, 0) is 56.9 Å². The van der Waals surface area contributed by atoms with Gasteiger partial charge in [-0.3, -0.25) is 0 Å². The zero-order valence-electron chi connectivity index (χ0n) is 16.4. The van der Waals surface area contributed by atoms with Crippen molar-refractivity contribution in [2.24, 2.45) is 11.3 Å². The van der Waals surface area contributed by atoms with Gasteiger partial charge in [-0.15, -0.1) is 0 Å². The zero-order valence-corrected chi connectivity index (χ0v) is 16.4. The second-order valence-electron chi connectivity index (χ2n) is 8.35. The second-order valence-corrected chi connectivity index (χ2v) is 8.35.